The molecule has 0 aromatic carbocycles. The molecule has 1 aromatic rings. The van der Waals surface area contributed by atoms with Crippen molar-refractivity contribution >= 4 is 10.0 Å². The fourth-order valence-electron chi connectivity index (χ4n) is 2.29. The van der Waals surface area contributed by atoms with E-state index in [1.54, 1.807) is 0 Å². The summed E-state index contributed by atoms with van der Waals surface area (Å²) in [6.45, 7) is 0.180. The van der Waals surface area contributed by atoms with Crippen molar-refractivity contribution in [1.82, 2.24) is 14.3 Å². The van der Waals surface area contributed by atoms with E-state index in [4.69, 9.17) is 9.47 Å². The highest BCUT2D eigenvalue weighted by atomic mass is 32.2. The van der Waals surface area contributed by atoms with Gasteiger partial charge in [0.2, 0.25) is 15.9 Å². The van der Waals surface area contributed by atoms with Crippen LogP contribution < -0.4 is 9.47 Å². The van der Waals surface area contributed by atoms with Crippen LogP contribution in [0.15, 0.2) is 12.3 Å². The molecule has 2 heterocycles. The molecule has 0 amide bonds. The smallest absolute Gasteiger partial charge is 0.390 e. The minimum atomic E-state index is -4.50. The molecule has 11 heteroatoms. The highest BCUT2D eigenvalue weighted by Gasteiger charge is 2.35. The second kappa shape index (κ2) is 7.51. The third kappa shape index (κ3) is 5.48. The Hall–Kier alpha value is -1.62. The highest BCUT2D eigenvalue weighted by molar-refractivity contribution is 7.89. The van der Waals surface area contributed by atoms with Gasteiger partial charge >= 0.3 is 12.2 Å². The number of rotatable bonds is 6. The largest absolute Gasteiger partial charge is 0.473 e. The normalized spacial score (nSPS) is 19.9. The van der Waals surface area contributed by atoms with Gasteiger partial charge < -0.3 is 9.47 Å². The average molecular weight is 369 g/mol. The van der Waals surface area contributed by atoms with Crippen LogP contribution in [0.25, 0.3) is 0 Å². The van der Waals surface area contributed by atoms with Crippen molar-refractivity contribution < 1.29 is 31.1 Å². The molecule has 1 aliphatic heterocycles. The van der Waals surface area contributed by atoms with Gasteiger partial charge in [0, 0.05) is 18.8 Å². The monoisotopic (exact) mass is 369 g/mol. The first-order chi connectivity index (χ1) is 11.2. The molecule has 1 atom stereocenters. The Labute approximate surface area is 137 Å². The number of halogens is 3. The molecule has 7 nitrogen and oxygen atoms in total. The number of sulfonamides is 1. The van der Waals surface area contributed by atoms with E-state index in [0.29, 0.717) is 12.8 Å². The zero-order valence-corrected chi connectivity index (χ0v) is 13.8. The Bertz CT molecular complexity index is 654. The fraction of sp³-hybridized carbons (Fsp3) is 0.692. The average Bonchev–Trinajstić information content (AvgIpc) is 2.53. The summed E-state index contributed by atoms with van der Waals surface area (Å²) < 4.78 is 72.4. The Morgan fingerprint density at radius 3 is 2.83 bits per heavy atom. The van der Waals surface area contributed by atoms with Gasteiger partial charge in [0.25, 0.3) is 0 Å². The summed E-state index contributed by atoms with van der Waals surface area (Å²) in [5, 5.41) is 0. The molecular formula is C13H18F3N3O4S. The standard InChI is InChI=1S/C13H18F3N3O4S/c1-22-12-17-6-4-11(18-12)23-10-3-2-7-19(9-10)24(20,21)8-5-13(14,15)16/h4,6,10H,2-3,5,7-9H2,1H3. The lowest BCUT2D eigenvalue weighted by atomic mass is 10.1. The van der Waals surface area contributed by atoms with Crippen LogP contribution in [0.2, 0.25) is 0 Å². The molecule has 0 N–H and O–H groups in total. The quantitative estimate of drug-likeness (QED) is 0.758. The number of hydrogen-bond donors (Lipinski definition) is 0. The Morgan fingerprint density at radius 1 is 1.42 bits per heavy atom. The van der Waals surface area contributed by atoms with Crippen molar-refractivity contribution in [2.45, 2.75) is 31.5 Å². The summed E-state index contributed by atoms with van der Waals surface area (Å²) in [4.78, 5) is 7.80. The number of nitrogens with zero attached hydrogens (tertiary/aromatic N) is 3. The first kappa shape index (κ1) is 18.7. The van der Waals surface area contributed by atoms with Crippen molar-refractivity contribution in [3.63, 3.8) is 0 Å². The van der Waals surface area contributed by atoms with Gasteiger partial charge in [-0.1, -0.05) is 0 Å². The zero-order chi connectivity index (χ0) is 17.8. The molecule has 136 valence electrons. The van der Waals surface area contributed by atoms with Crippen molar-refractivity contribution in [2.24, 2.45) is 0 Å². The lowest BCUT2D eigenvalue weighted by Gasteiger charge is -2.31. The van der Waals surface area contributed by atoms with Crippen molar-refractivity contribution in [1.29, 1.82) is 0 Å². The molecule has 2 rings (SSSR count). The van der Waals surface area contributed by atoms with Gasteiger partial charge in [0.15, 0.2) is 0 Å². The van der Waals surface area contributed by atoms with E-state index in [-0.39, 0.29) is 25.0 Å². The Morgan fingerprint density at radius 2 is 2.17 bits per heavy atom. The van der Waals surface area contributed by atoms with E-state index in [0.717, 1.165) is 4.31 Å². The second-order valence-corrected chi connectivity index (χ2v) is 7.39. The zero-order valence-electron chi connectivity index (χ0n) is 13.0. The molecule has 0 bridgehead atoms. The van der Waals surface area contributed by atoms with Crippen molar-refractivity contribution in [2.75, 3.05) is 26.0 Å². The summed E-state index contributed by atoms with van der Waals surface area (Å²) in [7, 11) is -2.58. The Kier molecular flexibility index (Phi) is 5.86. The minimum Gasteiger partial charge on any atom is -0.473 e. The molecular weight excluding hydrogens is 351 g/mol. The van der Waals surface area contributed by atoms with Gasteiger partial charge in [-0.15, -0.1) is 0 Å². The van der Waals surface area contributed by atoms with Gasteiger partial charge in [0.1, 0.15) is 6.10 Å². The topological polar surface area (TPSA) is 81.6 Å². The summed E-state index contributed by atoms with van der Waals surface area (Å²) in [5.41, 5.74) is 0. The number of piperidine rings is 1. The maximum atomic E-state index is 12.3. The van der Waals surface area contributed by atoms with Crippen LogP contribution in [-0.4, -0.2) is 60.9 Å². The van der Waals surface area contributed by atoms with Crippen molar-refractivity contribution in [3.8, 4) is 11.9 Å². The number of hydrogen-bond acceptors (Lipinski definition) is 6. The minimum absolute atomic E-state index is 0.00743. The van der Waals surface area contributed by atoms with E-state index in [2.05, 4.69) is 9.97 Å². The van der Waals surface area contributed by atoms with E-state index in [1.165, 1.54) is 19.4 Å². The van der Waals surface area contributed by atoms with E-state index >= 15 is 0 Å². The molecule has 0 radical (unpaired) electrons. The first-order valence-corrected chi connectivity index (χ1v) is 8.89. The molecule has 24 heavy (non-hydrogen) atoms. The lowest BCUT2D eigenvalue weighted by molar-refractivity contribution is -0.130. The van der Waals surface area contributed by atoms with Gasteiger partial charge in [-0.2, -0.15) is 22.5 Å². The highest BCUT2D eigenvalue weighted by Crippen LogP contribution is 2.24. The van der Waals surface area contributed by atoms with E-state index in [1.807, 2.05) is 0 Å². The number of methoxy groups -OCH3 is 1. The second-order valence-electron chi connectivity index (χ2n) is 5.30. The Balaban J connectivity index is 1.98. The molecule has 0 aliphatic carbocycles. The molecule has 1 fully saturated rings. The third-order valence-electron chi connectivity index (χ3n) is 3.46. The van der Waals surface area contributed by atoms with Gasteiger partial charge in [0.05, 0.1) is 25.8 Å². The molecule has 0 spiro atoms. The van der Waals surface area contributed by atoms with E-state index < -0.39 is 34.5 Å². The van der Waals surface area contributed by atoms with E-state index in [9.17, 15) is 21.6 Å². The first-order valence-electron chi connectivity index (χ1n) is 7.28. The number of aromatic nitrogens is 2. The molecule has 1 unspecified atom stereocenters. The lowest BCUT2D eigenvalue weighted by Crippen LogP contribution is -2.45. The van der Waals surface area contributed by atoms with Gasteiger partial charge in [-0.3, -0.25) is 0 Å². The summed E-state index contributed by atoms with van der Waals surface area (Å²) in [6.07, 6.45) is -3.84. The molecule has 1 aliphatic rings. The number of ether oxygens (including phenoxy) is 2. The fourth-order valence-corrected chi connectivity index (χ4v) is 3.84. The number of alkyl halides is 3. The maximum absolute atomic E-state index is 12.3. The van der Waals surface area contributed by atoms with Crippen LogP contribution >= 0.6 is 0 Å². The third-order valence-corrected chi connectivity index (χ3v) is 5.29. The van der Waals surface area contributed by atoms with Crippen LogP contribution in [-0.2, 0) is 10.0 Å². The van der Waals surface area contributed by atoms with Crippen LogP contribution in [0.3, 0.4) is 0 Å². The van der Waals surface area contributed by atoms with Crippen LogP contribution in [0.5, 0.6) is 11.9 Å². The summed E-state index contributed by atoms with van der Waals surface area (Å²) in [6, 6.07) is 1.61. The van der Waals surface area contributed by atoms with Crippen LogP contribution in [0.4, 0.5) is 13.2 Å². The maximum Gasteiger partial charge on any atom is 0.390 e. The van der Waals surface area contributed by atoms with Gasteiger partial charge in [-0.25, -0.2) is 13.4 Å². The molecule has 1 saturated heterocycles. The SMILES string of the molecule is COc1nccc(OC2CCCN(S(=O)(=O)CCC(F)(F)F)C2)n1. The van der Waals surface area contributed by atoms with Crippen LogP contribution in [0, 0.1) is 0 Å². The summed E-state index contributed by atoms with van der Waals surface area (Å²) >= 11 is 0. The summed E-state index contributed by atoms with van der Waals surface area (Å²) in [5.74, 6) is -0.730. The van der Waals surface area contributed by atoms with Crippen LogP contribution in [0.1, 0.15) is 19.3 Å². The predicted octanol–water partition coefficient (Wildman–Crippen LogP) is 1.61. The van der Waals surface area contributed by atoms with Crippen molar-refractivity contribution in [3.05, 3.63) is 12.3 Å². The molecule has 1 aromatic heterocycles. The predicted molar refractivity (Wildman–Crippen MR) is 78.3 cm³/mol. The molecule has 0 saturated carbocycles. The van der Waals surface area contributed by atoms with Gasteiger partial charge in [-0.05, 0) is 12.8 Å².